The lowest BCUT2D eigenvalue weighted by Crippen LogP contribution is -2.46. The van der Waals surface area contributed by atoms with Crippen LogP contribution in [0.3, 0.4) is 0 Å². The van der Waals surface area contributed by atoms with E-state index in [2.05, 4.69) is 5.32 Å². The Morgan fingerprint density at radius 2 is 1.88 bits per heavy atom. The predicted octanol–water partition coefficient (Wildman–Crippen LogP) is 2.40. The van der Waals surface area contributed by atoms with Crippen molar-refractivity contribution in [1.82, 2.24) is 5.32 Å². The Hall–Kier alpha value is -1.00. The van der Waals surface area contributed by atoms with Crippen molar-refractivity contribution in [3.05, 3.63) is 35.4 Å². The molecule has 88 valence electrons. The zero-order valence-electron chi connectivity index (χ0n) is 9.34. The average Bonchev–Trinajstić information content (AvgIpc) is 2.23. The van der Waals surface area contributed by atoms with Gasteiger partial charge >= 0.3 is 0 Å². The topological polar surface area (TPSA) is 21.3 Å². The first-order valence-electron chi connectivity index (χ1n) is 5.42. The van der Waals surface area contributed by atoms with Gasteiger partial charge < -0.3 is 10.1 Å². The minimum atomic E-state index is -0.549. The van der Waals surface area contributed by atoms with Gasteiger partial charge in [0.2, 0.25) is 0 Å². The third-order valence-corrected chi connectivity index (χ3v) is 3.03. The molecule has 1 aliphatic heterocycles. The highest BCUT2D eigenvalue weighted by Crippen LogP contribution is 2.27. The Kier molecular flexibility index (Phi) is 3.21. The van der Waals surface area contributed by atoms with E-state index < -0.39 is 17.7 Å². The Balaban J connectivity index is 2.25. The molecule has 1 heterocycles. The molecular weight excluding hydrogens is 212 g/mol. The molecule has 0 radical (unpaired) electrons. The van der Waals surface area contributed by atoms with Crippen molar-refractivity contribution in [1.29, 1.82) is 0 Å². The highest BCUT2D eigenvalue weighted by atomic mass is 19.1. The molecule has 1 fully saturated rings. The third kappa shape index (κ3) is 2.08. The molecule has 0 aliphatic carbocycles. The van der Waals surface area contributed by atoms with Crippen LogP contribution >= 0.6 is 0 Å². The van der Waals surface area contributed by atoms with Gasteiger partial charge in [-0.15, -0.1) is 0 Å². The summed E-state index contributed by atoms with van der Waals surface area (Å²) >= 11 is 0. The number of nitrogens with one attached hydrogen (secondary N) is 1. The monoisotopic (exact) mass is 227 g/mol. The van der Waals surface area contributed by atoms with Crippen molar-refractivity contribution in [2.75, 3.05) is 6.54 Å². The molecule has 0 spiro atoms. The fraction of sp³-hybridized carbons (Fsp3) is 0.500. The molecule has 1 saturated heterocycles. The summed E-state index contributed by atoms with van der Waals surface area (Å²) in [5, 5.41) is 3.18. The number of halogens is 2. The molecular formula is C12H15F2NO. The van der Waals surface area contributed by atoms with E-state index in [4.69, 9.17) is 4.74 Å². The molecule has 4 heteroatoms. The van der Waals surface area contributed by atoms with Crippen LogP contribution in [0.2, 0.25) is 0 Å². The van der Waals surface area contributed by atoms with E-state index in [-0.39, 0.29) is 17.7 Å². The fourth-order valence-corrected chi connectivity index (χ4v) is 1.87. The average molecular weight is 227 g/mol. The first-order chi connectivity index (χ1) is 7.59. The van der Waals surface area contributed by atoms with Gasteiger partial charge in [-0.05, 0) is 26.0 Å². The van der Waals surface area contributed by atoms with Crippen LogP contribution in [0.25, 0.3) is 0 Å². The van der Waals surface area contributed by atoms with E-state index in [9.17, 15) is 8.78 Å². The number of hydrogen-bond acceptors (Lipinski definition) is 2. The summed E-state index contributed by atoms with van der Waals surface area (Å²) in [5.74, 6) is -1.10. The van der Waals surface area contributed by atoms with Crippen LogP contribution in [0.15, 0.2) is 18.2 Å². The molecule has 2 nitrogen and oxygen atoms in total. The van der Waals surface area contributed by atoms with Crippen molar-refractivity contribution >= 4 is 0 Å². The lowest BCUT2D eigenvalue weighted by molar-refractivity contribution is -0.0538. The Bertz CT molecular complexity index is 363. The summed E-state index contributed by atoms with van der Waals surface area (Å²) in [6.07, 6.45) is -0.606. The molecule has 0 saturated carbocycles. The maximum absolute atomic E-state index is 13.5. The molecule has 1 aromatic carbocycles. The van der Waals surface area contributed by atoms with Crippen LogP contribution in [0.1, 0.15) is 25.5 Å². The number of rotatable bonds is 1. The van der Waals surface area contributed by atoms with Crippen molar-refractivity contribution in [2.45, 2.75) is 32.1 Å². The smallest absolute Gasteiger partial charge is 0.132 e. The van der Waals surface area contributed by atoms with Gasteiger partial charge in [0.1, 0.15) is 17.7 Å². The SMILES string of the molecule is CC1NCC(c2c(F)cccc2F)OC1C. The van der Waals surface area contributed by atoms with Gasteiger partial charge in [0.25, 0.3) is 0 Å². The van der Waals surface area contributed by atoms with Crippen LogP contribution in [0, 0.1) is 11.6 Å². The van der Waals surface area contributed by atoms with E-state index in [0.29, 0.717) is 6.54 Å². The van der Waals surface area contributed by atoms with E-state index in [0.717, 1.165) is 0 Å². The van der Waals surface area contributed by atoms with Gasteiger partial charge in [-0.2, -0.15) is 0 Å². The molecule has 3 unspecified atom stereocenters. The largest absolute Gasteiger partial charge is 0.367 e. The van der Waals surface area contributed by atoms with E-state index in [1.165, 1.54) is 18.2 Å². The van der Waals surface area contributed by atoms with Crippen LogP contribution in [0.5, 0.6) is 0 Å². The van der Waals surface area contributed by atoms with Gasteiger partial charge in [0.05, 0.1) is 11.7 Å². The van der Waals surface area contributed by atoms with Gasteiger partial charge in [-0.3, -0.25) is 0 Å². The summed E-state index contributed by atoms with van der Waals surface area (Å²) in [7, 11) is 0. The Labute approximate surface area is 93.6 Å². The number of ether oxygens (including phenoxy) is 1. The maximum atomic E-state index is 13.5. The first kappa shape index (κ1) is 11.5. The minimum Gasteiger partial charge on any atom is -0.367 e. The quantitative estimate of drug-likeness (QED) is 0.795. The van der Waals surface area contributed by atoms with Gasteiger partial charge in [0, 0.05) is 12.6 Å². The summed E-state index contributed by atoms with van der Waals surface area (Å²) in [5.41, 5.74) is 0.0220. The molecule has 1 N–H and O–H groups in total. The maximum Gasteiger partial charge on any atom is 0.132 e. The zero-order valence-corrected chi connectivity index (χ0v) is 9.34. The highest BCUT2D eigenvalue weighted by Gasteiger charge is 2.29. The molecule has 0 aromatic heterocycles. The standard InChI is InChI=1S/C12H15F2NO/c1-7-8(2)16-11(6-15-7)12-9(13)4-3-5-10(12)14/h3-5,7-8,11,15H,6H2,1-2H3. The van der Waals surface area contributed by atoms with Crippen LogP contribution in [-0.4, -0.2) is 18.7 Å². The van der Waals surface area contributed by atoms with Crippen LogP contribution in [-0.2, 0) is 4.74 Å². The third-order valence-electron chi connectivity index (χ3n) is 3.03. The summed E-state index contributed by atoms with van der Waals surface area (Å²) < 4.78 is 32.6. The fourth-order valence-electron chi connectivity index (χ4n) is 1.87. The molecule has 16 heavy (non-hydrogen) atoms. The summed E-state index contributed by atoms with van der Waals surface area (Å²) in [4.78, 5) is 0. The molecule has 1 aromatic rings. The second-order valence-corrected chi connectivity index (χ2v) is 4.16. The van der Waals surface area contributed by atoms with Crippen molar-refractivity contribution in [3.63, 3.8) is 0 Å². The van der Waals surface area contributed by atoms with Crippen LogP contribution < -0.4 is 5.32 Å². The van der Waals surface area contributed by atoms with E-state index in [1.54, 1.807) is 0 Å². The summed E-state index contributed by atoms with van der Waals surface area (Å²) in [6, 6.07) is 4.07. The second-order valence-electron chi connectivity index (χ2n) is 4.16. The minimum absolute atomic E-state index is 0.0220. The lowest BCUT2D eigenvalue weighted by Gasteiger charge is -2.34. The molecule has 3 atom stereocenters. The normalized spacial score (nSPS) is 30.4. The van der Waals surface area contributed by atoms with Gasteiger partial charge in [0.15, 0.2) is 0 Å². The predicted molar refractivity (Wildman–Crippen MR) is 57.1 cm³/mol. The number of benzene rings is 1. The molecule has 0 amide bonds. The van der Waals surface area contributed by atoms with E-state index in [1.807, 2.05) is 13.8 Å². The summed E-state index contributed by atoms with van der Waals surface area (Å²) in [6.45, 7) is 4.31. The number of hydrogen-bond donors (Lipinski definition) is 1. The van der Waals surface area contributed by atoms with Crippen molar-refractivity contribution in [2.24, 2.45) is 0 Å². The van der Waals surface area contributed by atoms with Gasteiger partial charge in [-0.25, -0.2) is 8.78 Å². The Morgan fingerprint density at radius 1 is 1.25 bits per heavy atom. The van der Waals surface area contributed by atoms with Gasteiger partial charge in [-0.1, -0.05) is 6.07 Å². The highest BCUT2D eigenvalue weighted by molar-refractivity contribution is 5.23. The molecule has 0 bridgehead atoms. The Morgan fingerprint density at radius 3 is 2.44 bits per heavy atom. The lowest BCUT2D eigenvalue weighted by atomic mass is 10.0. The van der Waals surface area contributed by atoms with Crippen molar-refractivity contribution < 1.29 is 13.5 Å². The zero-order chi connectivity index (χ0) is 11.7. The van der Waals surface area contributed by atoms with Crippen LogP contribution in [0.4, 0.5) is 8.78 Å². The van der Waals surface area contributed by atoms with Crippen molar-refractivity contribution in [3.8, 4) is 0 Å². The molecule has 2 rings (SSSR count). The van der Waals surface area contributed by atoms with E-state index >= 15 is 0 Å². The second kappa shape index (κ2) is 4.47. The first-order valence-corrected chi connectivity index (χ1v) is 5.42. The number of morpholine rings is 1. The molecule has 1 aliphatic rings.